The number of likely N-dealkylation sites (N-methyl/N-ethyl adjacent to an activating group) is 1. The van der Waals surface area contributed by atoms with Crippen LogP contribution in [0.3, 0.4) is 0 Å². The van der Waals surface area contributed by atoms with E-state index in [4.69, 9.17) is 0 Å². The van der Waals surface area contributed by atoms with E-state index >= 15 is 0 Å². The number of aryl methyl sites for hydroxylation is 2. The van der Waals surface area contributed by atoms with E-state index in [9.17, 15) is 8.78 Å². The SMILES string of the molecule is CCNC(CCc1cnn(C)c1)Cc1c(F)cccc1F. The number of nitrogens with one attached hydrogen (secondary N) is 1. The summed E-state index contributed by atoms with van der Waals surface area (Å²) in [6.07, 6.45) is 5.79. The van der Waals surface area contributed by atoms with Crippen molar-refractivity contribution in [3.8, 4) is 0 Å². The smallest absolute Gasteiger partial charge is 0.129 e. The van der Waals surface area contributed by atoms with Crippen LogP contribution in [0.1, 0.15) is 24.5 Å². The number of aromatic nitrogens is 2. The molecule has 0 aliphatic heterocycles. The van der Waals surface area contributed by atoms with Crippen LogP contribution in [0, 0.1) is 11.6 Å². The molecule has 0 aliphatic rings. The number of halogens is 2. The molecule has 21 heavy (non-hydrogen) atoms. The summed E-state index contributed by atoms with van der Waals surface area (Å²) in [5.74, 6) is -0.946. The average molecular weight is 293 g/mol. The first-order chi connectivity index (χ1) is 10.1. The maximum Gasteiger partial charge on any atom is 0.129 e. The first-order valence-corrected chi connectivity index (χ1v) is 7.24. The highest BCUT2D eigenvalue weighted by Crippen LogP contribution is 2.16. The van der Waals surface area contributed by atoms with Gasteiger partial charge >= 0.3 is 0 Å². The van der Waals surface area contributed by atoms with Crippen molar-refractivity contribution < 1.29 is 8.78 Å². The van der Waals surface area contributed by atoms with Crippen LogP contribution < -0.4 is 5.32 Å². The lowest BCUT2D eigenvalue weighted by atomic mass is 9.99. The zero-order valence-electron chi connectivity index (χ0n) is 12.4. The second kappa shape index (κ2) is 7.31. The maximum atomic E-state index is 13.7. The molecule has 0 radical (unpaired) electrons. The third kappa shape index (κ3) is 4.36. The van der Waals surface area contributed by atoms with Gasteiger partial charge in [-0.3, -0.25) is 4.68 Å². The van der Waals surface area contributed by atoms with Crippen LogP contribution in [0.5, 0.6) is 0 Å². The fraction of sp³-hybridized carbons (Fsp3) is 0.438. The van der Waals surface area contributed by atoms with Gasteiger partial charge in [-0.15, -0.1) is 0 Å². The van der Waals surface area contributed by atoms with Crippen LogP contribution in [-0.2, 0) is 19.9 Å². The van der Waals surface area contributed by atoms with Gasteiger partial charge in [0.15, 0.2) is 0 Å². The summed E-state index contributed by atoms with van der Waals surface area (Å²) in [6, 6.07) is 4.05. The molecule has 5 heteroatoms. The molecule has 2 rings (SSSR count). The molecule has 1 N–H and O–H groups in total. The Bertz CT molecular complexity index is 560. The molecule has 1 aromatic carbocycles. The first-order valence-electron chi connectivity index (χ1n) is 7.24. The average Bonchev–Trinajstić information content (AvgIpc) is 2.86. The summed E-state index contributed by atoms with van der Waals surface area (Å²) in [5, 5.41) is 7.43. The van der Waals surface area contributed by atoms with E-state index in [0.29, 0.717) is 6.42 Å². The highest BCUT2D eigenvalue weighted by molar-refractivity contribution is 5.21. The monoisotopic (exact) mass is 293 g/mol. The minimum Gasteiger partial charge on any atom is -0.314 e. The van der Waals surface area contributed by atoms with E-state index in [0.717, 1.165) is 24.9 Å². The van der Waals surface area contributed by atoms with Gasteiger partial charge in [-0.25, -0.2) is 8.78 Å². The lowest BCUT2D eigenvalue weighted by Crippen LogP contribution is -2.32. The van der Waals surface area contributed by atoms with Gasteiger partial charge in [-0.05, 0) is 43.5 Å². The van der Waals surface area contributed by atoms with Crippen molar-refractivity contribution in [2.45, 2.75) is 32.2 Å². The largest absolute Gasteiger partial charge is 0.314 e. The van der Waals surface area contributed by atoms with Gasteiger partial charge in [0.05, 0.1) is 6.20 Å². The summed E-state index contributed by atoms with van der Waals surface area (Å²) in [7, 11) is 1.87. The van der Waals surface area contributed by atoms with Crippen molar-refractivity contribution in [2.75, 3.05) is 6.54 Å². The molecule has 1 atom stereocenters. The number of rotatable bonds is 7. The van der Waals surface area contributed by atoms with Crippen molar-refractivity contribution in [2.24, 2.45) is 7.05 Å². The van der Waals surface area contributed by atoms with Gasteiger partial charge in [0.25, 0.3) is 0 Å². The van der Waals surface area contributed by atoms with E-state index in [2.05, 4.69) is 10.4 Å². The van der Waals surface area contributed by atoms with Gasteiger partial charge in [0, 0.05) is 24.8 Å². The molecule has 0 saturated carbocycles. The van der Waals surface area contributed by atoms with Crippen molar-refractivity contribution in [3.05, 3.63) is 53.4 Å². The van der Waals surface area contributed by atoms with E-state index in [1.165, 1.54) is 18.2 Å². The molecule has 0 saturated heterocycles. The minimum absolute atomic E-state index is 0.0432. The van der Waals surface area contributed by atoms with Crippen LogP contribution in [0.2, 0.25) is 0 Å². The Hall–Kier alpha value is -1.75. The van der Waals surface area contributed by atoms with E-state index in [1.54, 1.807) is 4.68 Å². The fourth-order valence-corrected chi connectivity index (χ4v) is 2.48. The summed E-state index contributed by atoms with van der Waals surface area (Å²) in [5.41, 5.74) is 1.30. The Kier molecular flexibility index (Phi) is 5.44. The molecule has 0 bridgehead atoms. The Morgan fingerprint density at radius 1 is 1.29 bits per heavy atom. The molecule has 114 valence electrons. The van der Waals surface area contributed by atoms with Crippen molar-refractivity contribution in [3.63, 3.8) is 0 Å². The predicted molar refractivity (Wildman–Crippen MR) is 79.1 cm³/mol. The number of hydrogen-bond acceptors (Lipinski definition) is 2. The topological polar surface area (TPSA) is 29.9 Å². The minimum atomic E-state index is -0.473. The Morgan fingerprint density at radius 2 is 2.00 bits per heavy atom. The molecule has 3 nitrogen and oxygen atoms in total. The van der Waals surface area contributed by atoms with Gasteiger partial charge in [-0.2, -0.15) is 5.10 Å². The standard InChI is InChI=1S/C16H21F2N3/c1-3-19-13(8-7-12-10-20-21(2)11-12)9-14-15(17)5-4-6-16(14)18/h4-6,10-11,13,19H,3,7-9H2,1-2H3. The molecular formula is C16H21F2N3. The summed E-state index contributed by atoms with van der Waals surface area (Å²) in [4.78, 5) is 0. The highest BCUT2D eigenvalue weighted by Gasteiger charge is 2.15. The quantitative estimate of drug-likeness (QED) is 0.850. The summed E-state index contributed by atoms with van der Waals surface area (Å²) >= 11 is 0. The molecule has 1 unspecified atom stereocenters. The van der Waals surface area contributed by atoms with Gasteiger partial charge in [0.1, 0.15) is 11.6 Å². The second-order valence-electron chi connectivity index (χ2n) is 5.22. The second-order valence-corrected chi connectivity index (χ2v) is 5.22. The molecular weight excluding hydrogens is 272 g/mol. The lowest BCUT2D eigenvalue weighted by molar-refractivity contribution is 0.464. The zero-order chi connectivity index (χ0) is 15.2. The molecule has 2 aromatic rings. The molecule has 0 fully saturated rings. The first kappa shape index (κ1) is 15.6. The van der Waals surface area contributed by atoms with Crippen LogP contribution in [0.25, 0.3) is 0 Å². The van der Waals surface area contributed by atoms with E-state index < -0.39 is 11.6 Å². The maximum absolute atomic E-state index is 13.7. The predicted octanol–water partition coefficient (Wildman–Crippen LogP) is 2.85. The van der Waals surface area contributed by atoms with E-state index in [-0.39, 0.29) is 11.6 Å². The van der Waals surface area contributed by atoms with Gasteiger partial charge < -0.3 is 5.32 Å². The van der Waals surface area contributed by atoms with Crippen molar-refractivity contribution in [1.82, 2.24) is 15.1 Å². The van der Waals surface area contributed by atoms with Crippen LogP contribution in [0.15, 0.2) is 30.6 Å². The molecule has 1 heterocycles. The number of benzene rings is 1. The zero-order valence-corrected chi connectivity index (χ0v) is 12.4. The fourth-order valence-electron chi connectivity index (χ4n) is 2.48. The van der Waals surface area contributed by atoms with Crippen LogP contribution in [0.4, 0.5) is 8.78 Å². The highest BCUT2D eigenvalue weighted by atomic mass is 19.1. The Balaban J connectivity index is 2.01. The van der Waals surface area contributed by atoms with Gasteiger partial charge in [0.2, 0.25) is 0 Å². The third-order valence-electron chi connectivity index (χ3n) is 3.54. The summed E-state index contributed by atoms with van der Waals surface area (Å²) < 4.78 is 29.2. The Morgan fingerprint density at radius 3 is 2.57 bits per heavy atom. The third-order valence-corrected chi connectivity index (χ3v) is 3.54. The van der Waals surface area contributed by atoms with Crippen molar-refractivity contribution >= 4 is 0 Å². The normalized spacial score (nSPS) is 12.6. The van der Waals surface area contributed by atoms with Crippen molar-refractivity contribution in [1.29, 1.82) is 0 Å². The number of hydrogen-bond donors (Lipinski definition) is 1. The lowest BCUT2D eigenvalue weighted by Gasteiger charge is -2.18. The van der Waals surface area contributed by atoms with Crippen LogP contribution in [-0.4, -0.2) is 22.4 Å². The molecule has 0 aliphatic carbocycles. The molecule has 1 aromatic heterocycles. The van der Waals surface area contributed by atoms with Crippen LogP contribution >= 0.6 is 0 Å². The molecule has 0 amide bonds. The van der Waals surface area contributed by atoms with E-state index in [1.807, 2.05) is 26.4 Å². The van der Waals surface area contributed by atoms with Gasteiger partial charge in [-0.1, -0.05) is 13.0 Å². The Labute approximate surface area is 124 Å². The molecule has 0 spiro atoms. The number of nitrogens with zero attached hydrogens (tertiary/aromatic N) is 2. The summed E-state index contributed by atoms with van der Waals surface area (Å²) in [6.45, 7) is 2.77.